The second-order valence-electron chi connectivity index (χ2n) is 7.08. The third kappa shape index (κ3) is 4.36. The highest BCUT2D eigenvalue weighted by atomic mass is 32.2. The van der Waals surface area contributed by atoms with Crippen molar-refractivity contribution in [3.05, 3.63) is 52.2 Å². The molecule has 162 valence electrons. The van der Waals surface area contributed by atoms with Crippen LogP contribution in [0.25, 0.3) is 0 Å². The molecule has 1 aliphatic heterocycles. The molecule has 1 fully saturated rings. The molecule has 3 rings (SSSR count). The van der Waals surface area contributed by atoms with Gasteiger partial charge in [-0.05, 0) is 43.3 Å². The van der Waals surface area contributed by atoms with E-state index in [0.717, 1.165) is 23.1 Å². The Bertz CT molecular complexity index is 1050. The number of likely N-dealkylation sites (tertiary alicyclic amines) is 1. The fourth-order valence-electron chi connectivity index (χ4n) is 3.24. The smallest absolute Gasteiger partial charge is 0.328 e. The highest BCUT2D eigenvalue weighted by Crippen LogP contribution is 2.35. The Labute approximate surface area is 175 Å². The lowest BCUT2D eigenvalue weighted by Crippen LogP contribution is -2.67. The van der Waals surface area contributed by atoms with Gasteiger partial charge >= 0.3 is 6.18 Å². The van der Waals surface area contributed by atoms with E-state index in [2.05, 4.69) is 0 Å². The molecule has 0 bridgehead atoms. The van der Waals surface area contributed by atoms with Gasteiger partial charge in [-0.15, -0.1) is 11.3 Å². The van der Waals surface area contributed by atoms with E-state index >= 15 is 0 Å². The van der Waals surface area contributed by atoms with Gasteiger partial charge < -0.3 is 4.90 Å². The van der Waals surface area contributed by atoms with Gasteiger partial charge in [-0.1, -0.05) is 18.2 Å². The van der Waals surface area contributed by atoms with E-state index in [-0.39, 0.29) is 25.3 Å². The first-order valence-corrected chi connectivity index (χ1v) is 11.4. The molecule has 6 nitrogen and oxygen atoms in total. The first-order chi connectivity index (χ1) is 13.9. The largest absolute Gasteiger partial charge is 0.417 e. The average Bonchev–Trinajstić information content (AvgIpc) is 3.17. The van der Waals surface area contributed by atoms with Gasteiger partial charge in [0.2, 0.25) is 5.91 Å². The fraction of sp³-hybridized carbons (Fsp3) is 0.368. The van der Waals surface area contributed by atoms with Crippen molar-refractivity contribution >= 4 is 33.2 Å². The van der Waals surface area contributed by atoms with Crippen molar-refractivity contribution < 1.29 is 31.2 Å². The van der Waals surface area contributed by atoms with E-state index in [1.165, 1.54) is 23.2 Å². The van der Waals surface area contributed by atoms with Crippen molar-refractivity contribution in [1.29, 1.82) is 0 Å². The van der Waals surface area contributed by atoms with Crippen LogP contribution < -0.4 is 4.72 Å². The summed E-state index contributed by atoms with van der Waals surface area (Å²) in [5.74, 6) is -1.35. The predicted molar refractivity (Wildman–Crippen MR) is 104 cm³/mol. The number of sulfonamides is 1. The monoisotopic (exact) mass is 460 g/mol. The summed E-state index contributed by atoms with van der Waals surface area (Å²) in [4.78, 5) is 26.4. The molecule has 0 radical (unpaired) electrons. The molecule has 1 aliphatic rings. The molecule has 1 atom stereocenters. The van der Waals surface area contributed by atoms with Gasteiger partial charge in [0, 0.05) is 17.8 Å². The molecule has 1 aromatic heterocycles. The summed E-state index contributed by atoms with van der Waals surface area (Å²) in [5, 5.41) is 1.88. The number of alkyl halides is 3. The summed E-state index contributed by atoms with van der Waals surface area (Å²) in [7, 11) is -4.79. The van der Waals surface area contributed by atoms with Crippen molar-refractivity contribution in [2.45, 2.75) is 42.8 Å². The van der Waals surface area contributed by atoms with Crippen LogP contribution in [0.1, 0.15) is 30.2 Å². The number of nitrogens with one attached hydrogen (secondary N) is 1. The van der Waals surface area contributed by atoms with Crippen LogP contribution in [0, 0.1) is 0 Å². The molecule has 2 amide bonds. The summed E-state index contributed by atoms with van der Waals surface area (Å²) in [5.41, 5.74) is -2.81. The molecule has 2 heterocycles. The lowest BCUT2D eigenvalue weighted by atomic mass is 9.85. The molecule has 1 saturated heterocycles. The predicted octanol–water partition coefficient (Wildman–Crippen LogP) is 3.20. The highest BCUT2D eigenvalue weighted by Gasteiger charge is 2.50. The van der Waals surface area contributed by atoms with Gasteiger partial charge in [0.1, 0.15) is 5.54 Å². The second-order valence-corrected chi connectivity index (χ2v) is 9.76. The molecule has 11 heteroatoms. The number of carbonyl (C=O) groups excluding carboxylic acids is 2. The zero-order chi connectivity index (χ0) is 22.2. The van der Waals surface area contributed by atoms with Crippen molar-refractivity contribution in [1.82, 2.24) is 9.62 Å². The van der Waals surface area contributed by atoms with E-state index in [9.17, 15) is 31.2 Å². The molecule has 0 spiro atoms. The van der Waals surface area contributed by atoms with E-state index in [1.54, 1.807) is 4.72 Å². The van der Waals surface area contributed by atoms with E-state index in [0.29, 0.717) is 12.5 Å². The van der Waals surface area contributed by atoms with Gasteiger partial charge in [-0.3, -0.25) is 9.59 Å². The molecular weight excluding hydrogens is 441 g/mol. The summed E-state index contributed by atoms with van der Waals surface area (Å²) >= 11 is 1.50. The minimum Gasteiger partial charge on any atom is -0.328 e. The number of aryl methyl sites for hydroxylation is 1. The lowest BCUT2D eigenvalue weighted by Gasteiger charge is -2.49. The Morgan fingerprint density at radius 3 is 2.47 bits per heavy atom. The molecule has 0 aliphatic carbocycles. The summed E-state index contributed by atoms with van der Waals surface area (Å²) in [6.45, 7) is 1.67. The molecule has 2 aromatic rings. The van der Waals surface area contributed by atoms with Crippen LogP contribution in [0.3, 0.4) is 0 Å². The Hall–Kier alpha value is -2.40. The number of hydrogen-bond donors (Lipinski definition) is 1. The van der Waals surface area contributed by atoms with Crippen LogP contribution in [0.4, 0.5) is 13.2 Å². The number of halogens is 3. The van der Waals surface area contributed by atoms with Crippen LogP contribution in [0.2, 0.25) is 0 Å². The van der Waals surface area contributed by atoms with Crippen LogP contribution in [-0.4, -0.2) is 37.2 Å². The Balaban J connectivity index is 1.74. The highest BCUT2D eigenvalue weighted by molar-refractivity contribution is 7.90. The minimum absolute atomic E-state index is 0.146. The lowest BCUT2D eigenvalue weighted by molar-refractivity contribution is -0.156. The maximum absolute atomic E-state index is 13.2. The third-order valence-electron chi connectivity index (χ3n) is 5.08. The molecular formula is C19H19F3N2O4S2. The van der Waals surface area contributed by atoms with E-state index in [1.807, 2.05) is 17.5 Å². The van der Waals surface area contributed by atoms with Gasteiger partial charge in [0.05, 0.1) is 10.5 Å². The Morgan fingerprint density at radius 1 is 1.20 bits per heavy atom. The normalized spacial score (nSPS) is 19.3. The molecule has 1 aromatic carbocycles. The summed E-state index contributed by atoms with van der Waals surface area (Å²) in [6, 6.07) is 7.35. The van der Waals surface area contributed by atoms with Crippen LogP contribution in [-0.2, 0) is 32.2 Å². The summed E-state index contributed by atoms with van der Waals surface area (Å²) < 4.78 is 66.3. The molecule has 1 N–H and O–H groups in total. The number of rotatable bonds is 6. The van der Waals surface area contributed by atoms with Gasteiger partial charge in [-0.2, -0.15) is 13.2 Å². The standard InChI is InChI=1S/C19H19F3N2O4S2/c1-18(10-11-24(18)16(25)9-8-13-5-4-12-29-13)17(26)23-30(27,28)15-7-3-2-6-14(15)19(20,21)22/h2-7,12H,8-11H2,1H3,(H,23,26). The minimum atomic E-state index is -4.90. The van der Waals surface area contributed by atoms with Crippen LogP contribution in [0.5, 0.6) is 0 Å². The van der Waals surface area contributed by atoms with Crippen LogP contribution >= 0.6 is 11.3 Å². The number of benzene rings is 1. The zero-order valence-electron chi connectivity index (χ0n) is 15.9. The molecule has 1 unspecified atom stereocenters. The number of hydrogen-bond acceptors (Lipinski definition) is 5. The number of amides is 2. The van der Waals surface area contributed by atoms with Crippen molar-refractivity contribution in [2.24, 2.45) is 0 Å². The van der Waals surface area contributed by atoms with E-state index in [4.69, 9.17) is 0 Å². The summed E-state index contributed by atoms with van der Waals surface area (Å²) in [6.07, 6.45) is -4.06. The Kier molecular flexibility index (Phi) is 5.96. The number of nitrogens with zero attached hydrogens (tertiary/aromatic N) is 1. The topological polar surface area (TPSA) is 83.6 Å². The van der Waals surface area contributed by atoms with Gasteiger partial charge in [0.25, 0.3) is 15.9 Å². The van der Waals surface area contributed by atoms with Crippen molar-refractivity contribution in [2.75, 3.05) is 6.54 Å². The zero-order valence-corrected chi connectivity index (χ0v) is 17.5. The third-order valence-corrected chi connectivity index (χ3v) is 7.41. The van der Waals surface area contributed by atoms with Gasteiger partial charge in [0.15, 0.2) is 0 Å². The first kappa shape index (κ1) is 22.3. The van der Waals surface area contributed by atoms with Crippen LogP contribution in [0.15, 0.2) is 46.7 Å². The Morgan fingerprint density at radius 2 is 1.90 bits per heavy atom. The van der Waals surface area contributed by atoms with Crippen molar-refractivity contribution in [3.63, 3.8) is 0 Å². The van der Waals surface area contributed by atoms with E-state index < -0.39 is 38.1 Å². The quantitative estimate of drug-likeness (QED) is 0.718. The maximum atomic E-state index is 13.2. The first-order valence-electron chi connectivity index (χ1n) is 9.01. The number of carbonyl (C=O) groups is 2. The second kappa shape index (κ2) is 8.03. The number of thiophene rings is 1. The van der Waals surface area contributed by atoms with Gasteiger partial charge in [-0.25, -0.2) is 13.1 Å². The maximum Gasteiger partial charge on any atom is 0.417 e. The SMILES string of the molecule is CC1(C(=O)NS(=O)(=O)c2ccccc2C(F)(F)F)CCN1C(=O)CCc1cccs1. The molecule has 30 heavy (non-hydrogen) atoms. The van der Waals surface area contributed by atoms with Crippen molar-refractivity contribution in [3.8, 4) is 0 Å². The molecule has 0 saturated carbocycles. The fourth-order valence-corrected chi connectivity index (χ4v) is 5.25. The average molecular weight is 460 g/mol.